The van der Waals surface area contributed by atoms with E-state index < -0.39 is 33.1 Å². The normalized spacial score (nSPS) is 10.9. The third-order valence-electron chi connectivity index (χ3n) is 3.47. The lowest BCUT2D eigenvalue weighted by atomic mass is 10.3. The van der Waals surface area contributed by atoms with Crippen molar-refractivity contribution in [2.45, 2.75) is 4.90 Å². The number of methoxy groups -OCH3 is 1. The van der Waals surface area contributed by atoms with E-state index in [2.05, 4.69) is 0 Å². The van der Waals surface area contributed by atoms with E-state index in [9.17, 15) is 23.3 Å². The first-order chi connectivity index (χ1) is 12.7. The molecule has 0 atom stereocenters. The molecule has 2 rings (SSSR count). The maximum Gasteiger partial charge on any atom is 0.270 e. The lowest BCUT2D eigenvalue weighted by molar-refractivity contribution is -0.385. The fourth-order valence-electron chi connectivity index (χ4n) is 2.22. The topological polar surface area (TPSA) is 145 Å². The molecule has 2 aromatic rings. The molecule has 0 aromatic heterocycles. The number of halogens is 1. The molecule has 1 amide bonds. The van der Waals surface area contributed by atoms with E-state index in [-0.39, 0.29) is 21.4 Å². The molecule has 0 aliphatic heterocycles. The van der Waals surface area contributed by atoms with Gasteiger partial charge >= 0.3 is 0 Å². The van der Waals surface area contributed by atoms with Crippen molar-refractivity contribution >= 4 is 38.9 Å². The fourth-order valence-corrected chi connectivity index (χ4v) is 3.85. The Kier molecular flexibility index (Phi) is 6.20. The second-order valence-electron chi connectivity index (χ2n) is 5.15. The molecule has 10 nitrogen and oxygen atoms in total. The Morgan fingerprint density at radius 3 is 2.63 bits per heavy atom. The summed E-state index contributed by atoms with van der Waals surface area (Å²) in [6, 6.07) is 8.63. The van der Waals surface area contributed by atoms with E-state index in [4.69, 9.17) is 22.2 Å². The SMILES string of the molecule is COc1ccc(Cl)cc1N(CC(=O)NN)S(=O)(=O)c1cccc([N+](=O)[O-])c1. The van der Waals surface area contributed by atoms with Gasteiger partial charge in [-0.2, -0.15) is 0 Å². The van der Waals surface area contributed by atoms with Crippen molar-refractivity contribution in [1.82, 2.24) is 5.43 Å². The highest BCUT2D eigenvalue weighted by molar-refractivity contribution is 7.92. The molecule has 0 fully saturated rings. The van der Waals surface area contributed by atoms with Crippen LogP contribution in [0.5, 0.6) is 5.75 Å². The molecule has 144 valence electrons. The largest absolute Gasteiger partial charge is 0.495 e. The van der Waals surface area contributed by atoms with Gasteiger partial charge in [-0.05, 0) is 24.3 Å². The Bertz CT molecular complexity index is 982. The van der Waals surface area contributed by atoms with Gasteiger partial charge in [0, 0.05) is 17.2 Å². The first-order valence-electron chi connectivity index (χ1n) is 7.31. The van der Waals surface area contributed by atoms with Gasteiger partial charge in [-0.3, -0.25) is 24.6 Å². The average Bonchev–Trinajstić information content (AvgIpc) is 2.65. The minimum Gasteiger partial charge on any atom is -0.495 e. The number of nitrogens with zero attached hydrogens (tertiary/aromatic N) is 2. The Balaban J connectivity index is 2.67. The highest BCUT2D eigenvalue weighted by Crippen LogP contribution is 2.35. The van der Waals surface area contributed by atoms with Crippen LogP contribution in [0.4, 0.5) is 11.4 Å². The number of nitro groups is 1. The van der Waals surface area contributed by atoms with Gasteiger partial charge in [0.25, 0.3) is 21.6 Å². The molecule has 0 spiro atoms. The molecule has 12 heteroatoms. The van der Waals surface area contributed by atoms with Gasteiger partial charge in [-0.15, -0.1) is 0 Å². The summed E-state index contributed by atoms with van der Waals surface area (Å²) < 4.78 is 32.1. The Hall–Kier alpha value is -2.89. The zero-order chi connectivity index (χ0) is 20.2. The Labute approximate surface area is 159 Å². The van der Waals surface area contributed by atoms with Crippen LogP contribution in [0.2, 0.25) is 5.02 Å². The summed E-state index contributed by atoms with van der Waals surface area (Å²) in [4.78, 5) is 21.7. The first-order valence-corrected chi connectivity index (χ1v) is 9.12. The molecule has 2 aromatic carbocycles. The van der Waals surface area contributed by atoms with Gasteiger partial charge in [0.1, 0.15) is 12.3 Å². The van der Waals surface area contributed by atoms with Crippen molar-refractivity contribution in [2.75, 3.05) is 18.0 Å². The van der Waals surface area contributed by atoms with E-state index in [0.717, 1.165) is 12.1 Å². The third-order valence-corrected chi connectivity index (χ3v) is 5.47. The summed E-state index contributed by atoms with van der Waals surface area (Å²) in [5.74, 6) is 4.39. The van der Waals surface area contributed by atoms with E-state index in [1.54, 1.807) is 0 Å². The molecule has 3 N–H and O–H groups in total. The average molecular weight is 415 g/mol. The van der Waals surface area contributed by atoms with E-state index in [1.165, 1.54) is 37.4 Å². The smallest absolute Gasteiger partial charge is 0.270 e. The van der Waals surface area contributed by atoms with Crippen LogP contribution in [-0.2, 0) is 14.8 Å². The number of non-ortho nitro benzene ring substituents is 1. The van der Waals surface area contributed by atoms with Crippen LogP contribution in [0.15, 0.2) is 47.4 Å². The van der Waals surface area contributed by atoms with E-state index in [1.807, 2.05) is 5.43 Å². The van der Waals surface area contributed by atoms with Gasteiger partial charge in [0.2, 0.25) is 0 Å². The molecule has 0 saturated heterocycles. The summed E-state index contributed by atoms with van der Waals surface area (Å²) in [5.41, 5.74) is 1.40. The van der Waals surface area contributed by atoms with E-state index >= 15 is 0 Å². The van der Waals surface area contributed by atoms with Crippen LogP contribution in [0, 0.1) is 10.1 Å². The Morgan fingerprint density at radius 2 is 2.04 bits per heavy atom. The van der Waals surface area contributed by atoms with Gasteiger partial charge in [0.15, 0.2) is 0 Å². The molecule has 0 aliphatic carbocycles. The van der Waals surface area contributed by atoms with E-state index in [0.29, 0.717) is 4.31 Å². The van der Waals surface area contributed by atoms with Crippen LogP contribution < -0.4 is 20.3 Å². The first kappa shape index (κ1) is 20.4. The quantitative estimate of drug-likeness (QED) is 0.301. The highest BCUT2D eigenvalue weighted by Gasteiger charge is 2.30. The number of amides is 1. The van der Waals surface area contributed by atoms with Crippen molar-refractivity contribution in [2.24, 2.45) is 5.84 Å². The van der Waals surface area contributed by atoms with Crippen molar-refractivity contribution in [3.05, 3.63) is 57.6 Å². The fraction of sp³-hybridized carbons (Fsp3) is 0.133. The van der Waals surface area contributed by atoms with Crippen LogP contribution in [0.25, 0.3) is 0 Å². The van der Waals surface area contributed by atoms with Crippen molar-refractivity contribution in [1.29, 1.82) is 0 Å². The minimum absolute atomic E-state index is 0.0277. The van der Waals surface area contributed by atoms with Gasteiger partial charge in [0.05, 0.1) is 22.6 Å². The number of nitrogens with two attached hydrogens (primary N) is 1. The summed E-state index contributed by atoms with van der Waals surface area (Å²) in [5, 5.41) is 11.2. The summed E-state index contributed by atoms with van der Waals surface area (Å²) in [7, 11) is -3.08. The molecule has 0 bridgehead atoms. The van der Waals surface area contributed by atoms with Gasteiger partial charge in [-0.1, -0.05) is 17.7 Å². The molecular formula is C15H15ClN4O6S. The van der Waals surface area contributed by atoms with Crippen LogP contribution in [0.3, 0.4) is 0 Å². The molecule has 0 radical (unpaired) electrons. The monoisotopic (exact) mass is 414 g/mol. The molecule has 27 heavy (non-hydrogen) atoms. The molecule has 0 saturated carbocycles. The molecule has 0 unspecified atom stereocenters. The molecular weight excluding hydrogens is 400 g/mol. The maximum atomic E-state index is 13.1. The number of hydrazine groups is 1. The summed E-state index contributed by atoms with van der Waals surface area (Å²) in [6.45, 7) is -0.696. The lowest BCUT2D eigenvalue weighted by Gasteiger charge is -2.25. The Morgan fingerprint density at radius 1 is 1.33 bits per heavy atom. The number of hydrogen-bond acceptors (Lipinski definition) is 7. The number of carbonyl (C=O) groups is 1. The number of carbonyl (C=O) groups excluding carboxylic acids is 1. The zero-order valence-electron chi connectivity index (χ0n) is 14.0. The predicted octanol–water partition coefficient (Wildman–Crippen LogP) is 1.44. The lowest BCUT2D eigenvalue weighted by Crippen LogP contribution is -2.43. The van der Waals surface area contributed by atoms with Crippen LogP contribution >= 0.6 is 11.6 Å². The standard InChI is InChI=1S/C15H15ClN4O6S/c1-26-14-6-5-10(16)7-13(14)19(9-15(21)18-17)27(24,25)12-4-2-3-11(8-12)20(22)23/h2-8H,9,17H2,1H3,(H,18,21). The zero-order valence-corrected chi connectivity index (χ0v) is 15.5. The molecule has 0 heterocycles. The van der Waals surface area contributed by atoms with Crippen LogP contribution in [-0.4, -0.2) is 32.9 Å². The number of anilines is 1. The predicted molar refractivity (Wildman–Crippen MR) is 98.0 cm³/mol. The number of nitro benzene ring substituents is 1. The van der Waals surface area contributed by atoms with Crippen molar-refractivity contribution in [3.8, 4) is 5.75 Å². The van der Waals surface area contributed by atoms with Crippen molar-refractivity contribution < 1.29 is 22.9 Å². The summed E-state index contributed by atoms with van der Waals surface area (Å²) in [6.07, 6.45) is 0. The maximum absolute atomic E-state index is 13.1. The van der Waals surface area contributed by atoms with Crippen molar-refractivity contribution in [3.63, 3.8) is 0 Å². The number of ether oxygens (including phenoxy) is 1. The summed E-state index contributed by atoms with van der Waals surface area (Å²) >= 11 is 5.96. The molecule has 0 aliphatic rings. The number of rotatable bonds is 7. The number of nitrogens with one attached hydrogen (secondary N) is 1. The highest BCUT2D eigenvalue weighted by atomic mass is 35.5. The van der Waals surface area contributed by atoms with Gasteiger partial charge < -0.3 is 4.74 Å². The number of hydrogen-bond donors (Lipinski definition) is 2. The number of benzene rings is 2. The third kappa shape index (κ3) is 4.45. The minimum atomic E-state index is -4.39. The second kappa shape index (κ2) is 8.20. The van der Waals surface area contributed by atoms with Crippen LogP contribution in [0.1, 0.15) is 0 Å². The second-order valence-corrected chi connectivity index (χ2v) is 7.45. The number of sulfonamides is 1. The van der Waals surface area contributed by atoms with Gasteiger partial charge in [-0.25, -0.2) is 14.3 Å².